The van der Waals surface area contributed by atoms with Gasteiger partial charge in [-0.25, -0.2) is 0 Å². The second-order valence-electron chi connectivity index (χ2n) is 8.25. The van der Waals surface area contributed by atoms with Crippen molar-refractivity contribution >= 4 is 0 Å². The van der Waals surface area contributed by atoms with E-state index in [-0.39, 0.29) is 0 Å². The highest BCUT2D eigenvalue weighted by atomic mass is 14.3. The second kappa shape index (κ2) is 9.21. The Morgan fingerprint density at radius 2 is 1.65 bits per heavy atom. The van der Waals surface area contributed by atoms with Gasteiger partial charge < -0.3 is 0 Å². The van der Waals surface area contributed by atoms with Gasteiger partial charge in [0.2, 0.25) is 0 Å². The molecule has 138 valence electrons. The van der Waals surface area contributed by atoms with Crippen LogP contribution >= 0.6 is 0 Å². The van der Waals surface area contributed by atoms with Crippen LogP contribution in [0.2, 0.25) is 0 Å². The fourth-order valence-electron chi connectivity index (χ4n) is 4.47. The highest BCUT2D eigenvalue weighted by Gasteiger charge is 2.24. The minimum absolute atomic E-state index is 0.725. The van der Waals surface area contributed by atoms with Crippen LogP contribution in [0.4, 0.5) is 0 Å². The molecule has 0 aliphatic heterocycles. The Kier molecular flexibility index (Phi) is 6.72. The SMILES string of the molecule is C=C(C)CCC1CCC(c2ccccc2-c2ccc(CCC)cc2)CC1. The van der Waals surface area contributed by atoms with Gasteiger partial charge in [0.25, 0.3) is 0 Å². The molecular weight excluding hydrogens is 312 g/mol. The first kappa shape index (κ1) is 19.0. The molecule has 3 rings (SSSR count). The lowest BCUT2D eigenvalue weighted by atomic mass is 9.75. The predicted octanol–water partition coefficient (Wildman–Crippen LogP) is 7.94. The number of rotatable bonds is 7. The summed E-state index contributed by atoms with van der Waals surface area (Å²) in [6.07, 6.45) is 10.4. The average molecular weight is 347 g/mol. The third-order valence-corrected chi connectivity index (χ3v) is 6.03. The molecule has 1 aliphatic carbocycles. The summed E-state index contributed by atoms with van der Waals surface area (Å²) in [6, 6.07) is 18.4. The smallest absolute Gasteiger partial charge is 0.0149 e. The van der Waals surface area contributed by atoms with Gasteiger partial charge in [-0.15, -0.1) is 6.58 Å². The van der Waals surface area contributed by atoms with Crippen LogP contribution in [0.15, 0.2) is 60.7 Å². The van der Waals surface area contributed by atoms with Crippen LogP contribution in [0.1, 0.15) is 75.8 Å². The molecule has 0 N–H and O–H groups in total. The van der Waals surface area contributed by atoms with Gasteiger partial charge in [0, 0.05) is 0 Å². The summed E-state index contributed by atoms with van der Waals surface area (Å²) in [4.78, 5) is 0. The van der Waals surface area contributed by atoms with Crippen LogP contribution in [-0.2, 0) is 6.42 Å². The summed E-state index contributed by atoms with van der Waals surface area (Å²) >= 11 is 0. The van der Waals surface area contributed by atoms with Crippen LogP contribution in [0.3, 0.4) is 0 Å². The zero-order chi connectivity index (χ0) is 18.4. The average Bonchev–Trinajstić information content (AvgIpc) is 2.68. The zero-order valence-corrected chi connectivity index (χ0v) is 16.6. The van der Waals surface area contributed by atoms with E-state index in [1.54, 1.807) is 5.56 Å². The lowest BCUT2D eigenvalue weighted by molar-refractivity contribution is 0.310. The zero-order valence-electron chi connectivity index (χ0n) is 16.6. The lowest BCUT2D eigenvalue weighted by Crippen LogP contribution is -2.14. The van der Waals surface area contributed by atoms with Crippen molar-refractivity contribution in [3.05, 3.63) is 71.8 Å². The molecule has 26 heavy (non-hydrogen) atoms. The predicted molar refractivity (Wildman–Crippen MR) is 115 cm³/mol. The Morgan fingerprint density at radius 1 is 0.962 bits per heavy atom. The number of allylic oxidation sites excluding steroid dienone is 1. The molecule has 2 aromatic carbocycles. The largest absolute Gasteiger partial charge is 0.100 e. The van der Waals surface area contributed by atoms with Gasteiger partial charge >= 0.3 is 0 Å². The molecule has 0 spiro atoms. The molecule has 0 radical (unpaired) electrons. The first-order chi connectivity index (χ1) is 12.7. The highest BCUT2D eigenvalue weighted by molar-refractivity contribution is 5.68. The summed E-state index contributed by atoms with van der Waals surface area (Å²) in [7, 11) is 0. The Balaban J connectivity index is 1.71. The molecule has 0 aromatic heterocycles. The Bertz CT molecular complexity index is 699. The van der Waals surface area contributed by atoms with Gasteiger partial charge in [0.15, 0.2) is 0 Å². The van der Waals surface area contributed by atoms with Crippen molar-refractivity contribution in [1.29, 1.82) is 0 Å². The minimum atomic E-state index is 0.725. The van der Waals surface area contributed by atoms with Crippen LogP contribution in [0, 0.1) is 5.92 Å². The van der Waals surface area contributed by atoms with Gasteiger partial charge in [0.1, 0.15) is 0 Å². The first-order valence-corrected chi connectivity index (χ1v) is 10.5. The van der Waals surface area contributed by atoms with E-state index in [0.29, 0.717) is 0 Å². The summed E-state index contributed by atoms with van der Waals surface area (Å²) in [5.74, 6) is 1.63. The van der Waals surface area contributed by atoms with Crippen molar-refractivity contribution in [2.75, 3.05) is 0 Å². The van der Waals surface area contributed by atoms with E-state index in [1.807, 2.05) is 0 Å². The molecule has 0 atom stereocenters. The van der Waals surface area contributed by atoms with Crippen LogP contribution in [0.5, 0.6) is 0 Å². The standard InChI is InChI=1S/C26H34/c1-4-7-21-12-16-23(17-13-21)25-8-5-6-9-26(25)24-18-14-22(15-19-24)11-10-20(2)3/h5-6,8-9,12-13,16-17,22,24H,2,4,7,10-11,14-15,18-19H2,1,3H3. The van der Waals surface area contributed by atoms with E-state index >= 15 is 0 Å². The second-order valence-corrected chi connectivity index (χ2v) is 8.25. The van der Waals surface area contributed by atoms with Gasteiger partial charge in [-0.05, 0) is 86.0 Å². The molecule has 0 heterocycles. The third kappa shape index (κ3) is 4.87. The van der Waals surface area contributed by atoms with Gasteiger partial charge in [-0.3, -0.25) is 0 Å². The maximum absolute atomic E-state index is 4.06. The van der Waals surface area contributed by atoms with E-state index in [4.69, 9.17) is 0 Å². The van der Waals surface area contributed by atoms with Crippen molar-refractivity contribution in [1.82, 2.24) is 0 Å². The van der Waals surface area contributed by atoms with Crippen molar-refractivity contribution in [3.63, 3.8) is 0 Å². The van der Waals surface area contributed by atoms with Crippen molar-refractivity contribution < 1.29 is 0 Å². The normalized spacial score (nSPS) is 20.1. The Morgan fingerprint density at radius 3 is 2.31 bits per heavy atom. The maximum Gasteiger partial charge on any atom is -0.0149 e. The molecule has 1 aliphatic rings. The molecular formula is C26H34. The topological polar surface area (TPSA) is 0 Å². The van der Waals surface area contributed by atoms with Crippen molar-refractivity contribution in [2.24, 2.45) is 5.92 Å². The van der Waals surface area contributed by atoms with Gasteiger partial charge in [0.05, 0.1) is 0 Å². The molecule has 0 amide bonds. The van der Waals surface area contributed by atoms with Crippen LogP contribution in [0.25, 0.3) is 11.1 Å². The van der Waals surface area contributed by atoms with E-state index < -0.39 is 0 Å². The van der Waals surface area contributed by atoms with Crippen molar-refractivity contribution in [2.45, 2.75) is 71.1 Å². The van der Waals surface area contributed by atoms with Crippen LogP contribution < -0.4 is 0 Å². The number of aryl methyl sites for hydroxylation is 1. The Labute approximate surface area is 160 Å². The lowest BCUT2D eigenvalue weighted by Gasteiger charge is -2.30. The third-order valence-electron chi connectivity index (χ3n) is 6.03. The van der Waals surface area contributed by atoms with Crippen molar-refractivity contribution in [3.8, 4) is 11.1 Å². The van der Waals surface area contributed by atoms with Gasteiger partial charge in [-0.1, -0.05) is 67.4 Å². The summed E-state index contributed by atoms with van der Waals surface area (Å²) < 4.78 is 0. The molecule has 0 saturated heterocycles. The molecule has 0 unspecified atom stereocenters. The fourth-order valence-corrected chi connectivity index (χ4v) is 4.47. The molecule has 0 bridgehead atoms. The van der Waals surface area contributed by atoms with Gasteiger partial charge in [-0.2, -0.15) is 0 Å². The summed E-state index contributed by atoms with van der Waals surface area (Å²) in [6.45, 7) is 8.47. The Hall–Kier alpha value is -1.82. The summed E-state index contributed by atoms with van der Waals surface area (Å²) in [5, 5.41) is 0. The monoisotopic (exact) mass is 346 g/mol. The minimum Gasteiger partial charge on any atom is -0.100 e. The summed E-state index contributed by atoms with van der Waals surface area (Å²) in [5.41, 5.74) is 7.18. The fraction of sp³-hybridized carbons (Fsp3) is 0.462. The molecule has 0 nitrogen and oxygen atoms in total. The molecule has 1 fully saturated rings. The van der Waals surface area contributed by atoms with E-state index in [2.05, 4.69) is 69.0 Å². The number of benzene rings is 2. The first-order valence-electron chi connectivity index (χ1n) is 10.5. The van der Waals surface area contributed by atoms with E-state index in [9.17, 15) is 0 Å². The molecule has 0 heteroatoms. The quantitative estimate of drug-likeness (QED) is 0.446. The number of hydrogen-bond acceptors (Lipinski definition) is 0. The molecule has 2 aromatic rings. The van der Waals surface area contributed by atoms with E-state index in [0.717, 1.165) is 11.8 Å². The number of hydrogen-bond donors (Lipinski definition) is 0. The highest BCUT2D eigenvalue weighted by Crippen LogP contribution is 2.41. The maximum atomic E-state index is 4.06. The molecule has 1 saturated carbocycles. The van der Waals surface area contributed by atoms with Crippen LogP contribution in [-0.4, -0.2) is 0 Å². The van der Waals surface area contributed by atoms with E-state index in [1.165, 1.54) is 73.6 Å².